The number of ether oxygens (including phenoxy) is 3. The van der Waals surface area contributed by atoms with Crippen molar-refractivity contribution in [3.8, 4) is 17.2 Å². The van der Waals surface area contributed by atoms with Crippen LogP contribution in [0.4, 0.5) is 5.13 Å². The molecule has 1 saturated heterocycles. The van der Waals surface area contributed by atoms with Crippen LogP contribution in [-0.2, 0) is 15.3 Å². The summed E-state index contributed by atoms with van der Waals surface area (Å²) in [7, 11) is 0. The van der Waals surface area contributed by atoms with E-state index in [0.29, 0.717) is 56.7 Å². The Morgan fingerprint density at radius 3 is 2.72 bits per heavy atom. The summed E-state index contributed by atoms with van der Waals surface area (Å²) in [5.74, 6) is -0.0134. The largest absolute Gasteiger partial charge is 0.507 e. The van der Waals surface area contributed by atoms with E-state index < -0.39 is 17.7 Å². The first-order valence-corrected chi connectivity index (χ1v) is 15.4. The number of hydrogen-bond acceptors (Lipinski definition) is 10. The molecule has 0 spiro atoms. The zero-order valence-corrected chi connectivity index (χ0v) is 25.0. The molecule has 218 valence electrons. The van der Waals surface area contributed by atoms with E-state index in [1.807, 2.05) is 24.3 Å². The average molecular weight is 634 g/mol. The van der Waals surface area contributed by atoms with Crippen molar-refractivity contribution in [1.29, 1.82) is 0 Å². The number of nitrogens with zero attached hydrogens (tertiary/aromatic N) is 3. The molecule has 1 aromatic heterocycles. The van der Waals surface area contributed by atoms with Gasteiger partial charge in [0.15, 0.2) is 15.8 Å². The molecule has 6 rings (SSSR count). The van der Waals surface area contributed by atoms with Crippen molar-refractivity contribution in [2.24, 2.45) is 0 Å². The van der Waals surface area contributed by atoms with Crippen molar-refractivity contribution < 1.29 is 28.9 Å². The molecule has 0 unspecified atom stereocenters. The van der Waals surface area contributed by atoms with Gasteiger partial charge in [0.05, 0.1) is 11.6 Å². The van der Waals surface area contributed by atoms with Gasteiger partial charge in [0.25, 0.3) is 5.78 Å². The van der Waals surface area contributed by atoms with Gasteiger partial charge in [-0.2, -0.15) is 0 Å². The SMILES string of the molecule is C=CCOc1cccc([C@@H]2C(=C(O)c3ccc4c(c3)OCCO4)C(=O)C(=O)N2c2nnc(SCc3ccccc3Cl)s2)c1. The molecule has 0 saturated carbocycles. The van der Waals surface area contributed by atoms with Crippen molar-refractivity contribution in [3.63, 3.8) is 0 Å². The van der Waals surface area contributed by atoms with Gasteiger partial charge in [-0.15, -0.1) is 10.2 Å². The van der Waals surface area contributed by atoms with E-state index in [1.54, 1.807) is 48.5 Å². The zero-order valence-electron chi connectivity index (χ0n) is 22.6. The zero-order chi connectivity index (χ0) is 29.9. The fourth-order valence-electron chi connectivity index (χ4n) is 4.73. The first kappa shape index (κ1) is 28.8. The number of carbonyl (C=O) groups excluding carboxylic acids is 2. The molecule has 1 amide bonds. The van der Waals surface area contributed by atoms with Gasteiger partial charge < -0.3 is 19.3 Å². The molecule has 9 nitrogen and oxygen atoms in total. The van der Waals surface area contributed by atoms with Crippen LogP contribution in [0.15, 0.2) is 89.3 Å². The monoisotopic (exact) mass is 633 g/mol. The second-order valence-electron chi connectivity index (χ2n) is 9.43. The summed E-state index contributed by atoms with van der Waals surface area (Å²) in [6.45, 7) is 4.71. The van der Waals surface area contributed by atoms with Crippen LogP contribution < -0.4 is 19.1 Å². The van der Waals surface area contributed by atoms with Gasteiger partial charge in [0.1, 0.15) is 31.3 Å². The summed E-state index contributed by atoms with van der Waals surface area (Å²) in [5.41, 5.74) is 1.69. The number of thioether (sulfide) groups is 1. The van der Waals surface area contributed by atoms with Crippen LogP contribution in [-0.4, -0.2) is 46.8 Å². The number of hydrogen-bond donors (Lipinski definition) is 1. The molecular formula is C31H24ClN3O6S2. The summed E-state index contributed by atoms with van der Waals surface area (Å²) >= 11 is 8.89. The smallest absolute Gasteiger partial charge is 0.301 e. The standard InChI is InChI=1S/C31H24ClN3O6S2/c1-2-12-39-21-8-5-7-18(15-21)26-25(27(36)19-10-11-23-24(16-19)41-14-13-40-23)28(37)29(38)35(26)30-33-34-31(43-30)42-17-20-6-3-4-9-22(20)32/h2-11,15-16,26,36H,1,12-14,17H2/t26-/m1/s1. The third kappa shape index (κ3) is 5.83. The fourth-order valence-corrected chi connectivity index (χ4v) is 6.89. The lowest BCUT2D eigenvalue weighted by atomic mass is 9.95. The van der Waals surface area contributed by atoms with Gasteiger partial charge in [-0.05, 0) is 47.5 Å². The molecule has 1 atom stereocenters. The van der Waals surface area contributed by atoms with Crippen molar-refractivity contribution in [2.75, 3.05) is 24.7 Å². The van der Waals surface area contributed by atoms with Crippen LogP contribution in [0, 0.1) is 0 Å². The lowest BCUT2D eigenvalue weighted by Gasteiger charge is -2.23. The Balaban J connectivity index is 1.40. The highest BCUT2D eigenvalue weighted by Gasteiger charge is 2.48. The Bertz CT molecular complexity index is 1760. The number of carbonyl (C=O) groups is 2. The van der Waals surface area contributed by atoms with Crippen LogP contribution in [0.3, 0.4) is 0 Å². The van der Waals surface area contributed by atoms with Crippen molar-refractivity contribution in [2.45, 2.75) is 16.1 Å². The maximum atomic E-state index is 13.6. The molecule has 1 fully saturated rings. The Labute approximate surface area is 260 Å². The lowest BCUT2D eigenvalue weighted by Crippen LogP contribution is -2.29. The predicted molar refractivity (Wildman–Crippen MR) is 165 cm³/mol. The predicted octanol–water partition coefficient (Wildman–Crippen LogP) is 6.45. The Kier molecular flexibility index (Phi) is 8.37. The lowest BCUT2D eigenvalue weighted by molar-refractivity contribution is -0.132. The minimum atomic E-state index is -1.00. The summed E-state index contributed by atoms with van der Waals surface area (Å²) in [6.07, 6.45) is 1.61. The van der Waals surface area contributed by atoms with E-state index in [9.17, 15) is 14.7 Å². The number of ketones is 1. The summed E-state index contributed by atoms with van der Waals surface area (Å²) in [4.78, 5) is 28.5. The van der Waals surface area contributed by atoms with Crippen molar-refractivity contribution >= 4 is 57.3 Å². The number of Topliss-reactive ketones (excluding diaryl/α,β-unsaturated/α-hetero) is 1. The fraction of sp³-hybridized carbons (Fsp3) is 0.161. The van der Waals surface area contributed by atoms with Crippen LogP contribution in [0.25, 0.3) is 5.76 Å². The average Bonchev–Trinajstić information content (AvgIpc) is 3.60. The van der Waals surface area contributed by atoms with Crippen molar-refractivity contribution in [1.82, 2.24) is 10.2 Å². The molecule has 3 aromatic carbocycles. The molecule has 0 radical (unpaired) electrons. The summed E-state index contributed by atoms with van der Waals surface area (Å²) in [6, 6.07) is 18.4. The number of aliphatic hydroxyl groups excluding tert-OH is 1. The molecule has 0 bridgehead atoms. The highest BCUT2D eigenvalue weighted by Crippen LogP contribution is 2.45. The number of benzene rings is 3. The topological polar surface area (TPSA) is 111 Å². The minimum Gasteiger partial charge on any atom is -0.507 e. The Morgan fingerprint density at radius 2 is 1.91 bits per heavy atom. The molecule has 2 aliphatic heterocycles. The first-order valence-electron chi connectivity index (χ1n) is 13.2. The molecule has 3 heterocycles. The molecule has 12 heteroatoms. The maximum absolute atomic E-state index is 13.6. The number of fused-ring (bicyclic) bond motifs is 1. The number of amides is 1. The Hall–Kier alpha value is -4.32. The van der Waals surface area contributed by atoms with E-state index in [2.05, 4.69) is 16.8 Å². The van der Waals surface area contributed by atoms with Gasteiger partial charge in [-0.3, -0.25) is 14.5 Å². The third-order valence-corrected chi connectivity index (χ3v) is 9.19. The number of aliphatic hydroxyl groups is 1. The highest BCUT2D eigenvalue weighted by atomic mass is 35.5. The second kappa shape index (κ2) is 12.5. The normalized spacial score (nSPS) is 17.2. The molecule has 0 aliphatic carbocycles. The van der Waals surface area contributed by atoms with E-state index >= 15 is 0 Å². The van der Waals surface area contributed by atoms with Gasteiger partial charge in [-0.1, -0.05) is 77.7 Å². The van der Waals surface area contributed by atoms with Gasteiger partial charge >= 0.3 is 5.91 Å². The van der Waals surface area contributed by atoms with Gasteiger partial charge in [0, 0.05) is 16.3 Å². The van der Waals surface area contributed by atoms with E-state index in [4.69, 9.17) is 25.8 Å². The summed E-state index contributed by atoms with van der Waals surface area (Å²) < 4.78 is 17.6. The Morgan fingerprint density at radius 1 is 1.09 bits per heavy atom. The molecule has 4 aromatic rings. The van der Waals surface area contributed by atoms with Gasteiger partial charge in [-0.25, -0.2) is 0 Å². The van der Waals surface area contributed by atoms with Crippen molar-refractivity contribution in [3.05, 3.63) is 107 Å². The van der Waals surface area contributed by atoms with E-state index in [0.717, 1.165) is 5.56 Å². The van der Waals surface area contributed by atoms with Gasteiger partial charge in [0.2, 0.25) is 5.13 Å². The quantitative estimate of drug-likeness (QED) is 0.0555. The molecule has 1 N–H and O–H groups in total. The van der Waals surface area contributed by atoms with E-state index in [-0.39, 0.29) is 23.1 Å². The van der Waals surface area contributed by atoms with Crippen LogP contribution in [0.1, 0.15) is 22.7 Å². The maximum Gasteiger partial charge on any atom is 0.301 e. The molecular weight excluding hydrogens is 610 g/mol. The summed E-state index contributed by atoms with van der Waals surface area (Å²) in [5, 5.41) is 20.9. The third-order valence-electron chi connectivity index (χ3n) is 6.71. The molecule has 2 aliphatic rings. The second-order valence-corrected chi connectivity index (χ2v) is 12.0. The van der Waals surface area contributed by atoms with Crippen LogP contribution >= 0.6 is 34.7 Å². The van der Waals surface area contributed by atoms with Crippen LogP contribution in [0.5, 0.6) is 17.2 Å². The number of aromatic nitrogens is 2. The van der Waals surface area contributed by atoms with Crippen LogP contribution in [0.2, 0.25) is 5.02 Å². The minimum absolute atomic E-state index is 0.0944. The first-order chi connectivity index (χ1) is 20.9. The molecule has 43 heavy (non-hydrogen) atoms. The number of halogens is 1. The highest BCUT2D eigenvalue weighted by molar-refractivity contribution is 8.00. The number of anilines is 1. The van der Waals surface area contributed by atoms with E-state index in [1.165, 1.54) is 28.0 Å². The number of rotatable bonds is 9.